The van der Waals surface area contributed by atoms with E-state index in [-0.39, 0.29) is 6.04 Å². The molecule has 9 heteroatoms. The molecule has 0 spiro atoms. The molecule has 1 aliphatic carbocycles. The van der Waals surface area contributed by atoms with Gasteiger partial charge in [-0.05, 0) is 38.0 Å². The smallest absolute Gasteiger partial charge is 0.242 e. The molecule has 0 atom stereocenters. The van der Waals surface area contributed by atoms with Crippen LogP contribution in [0.1, 0.15) is 44.5 Å². The van der Waals surface area contributed by atoms with Gasteiger partial charge in [0.15, 0.2) is 0 Å². The van der Waals surface area contributed by atoms with Crippen LogP contribution in [0.4, 0.5) is 5.13 Å². The van der Waals surface area contributed by atoms with Crippen LogP contribution in [0.3, 0.4) is 0 Å². The number of nitrogens with one attached hydrogen (secondary N) is 2. The third-order valence-corrected chi connectivity index (χ3v) is 6.02. The van der Waals surface area contributed by atoms with Crippen LogP contribution < -0.4 is 10.0 Å². The van der Waals surface area contributed by atoms with Gasteiger partial charge >= 0.3 is 0 Å². The number of hydrogen-bond donors (Lipinski definition) is 2. The average molecular weight is 346 g/mol. The topological polar surface area (TPSA) is 101 Å². The highest BCUT2D eigenvalue weighted by atomic mass is 32.2. The third kappa shape index (κ3) is 5.29. The number of hydrogen-bond acceptors (Lipinski definition) is 6. The number of aromatic nitrogens is 2. The zero-order valence-electron chi connectivity index (χ0n) is 12.8. The fourth-order valence-corrected chi connectivity index (χ4v) is 4.39. The molecule has 1 aliphatic rings. The first kappa shape index (κ1) is 17.3. The van der Waals surface area contributed by atoms with Crippen molar-refractivity contribution in [1.29, 1.82) is 0 Å². The van der Waals surface area contributed by atoms with Gasteiger partial charge in [-0.15, -0.1) is 10.2 Å². The van der Waals surface area contributed by atoms with Gasteiger partial charge in [0.2, 0.25) is 21.1 Å². The first-order valence-electron chi connectivity index (χ1n) is 7.50. The van der Waals surface area contributed by atoms with Gasteiger partial charge in [-0.3, -0.25) is 10.1 Å². The molecule has 1 fully saturated rings. The summed E-state index contributed by atoms with van der Waals surface area (Å²) < 4.78 is 26.7. The molecule has 2 rings (SSSR count). The second kappa shape index (κ2) is 7.47. The van der Waals surface area contributed by atoms with E-state index in [1.807, 2.05) is 6.92 Å². The Balaban J connectivity index is 1.84. The van der Waals surface area contributed by atoms with E-state index in [2.05, 4.69) is 27.2 Å². The summed E-state index contributed by atoms with van der Waals surface area (Å²) in [5.74, 6) is -0.523. The number of aryl methyl sites for hydroxylation is 1. The minimum absolute atomic E-state index is 0.0535. The molecule has 0 aromatic carbocycles. The Morgan fingerprint density at radius 1 is 1.27 bits per heavy atom. The van der Waals surface area contributed by atoms with Crippen LogP contribution in [0.5, 0.6) is 0 Å². The van der Waals surface area contributed by atoms with E-state index in [0.29, 0.717) is 11.0 Å². The zero-order valence-corrected chi connectivity index (χ0v) is 14.5. The van der Waals surface area contributed by atoms with Crippen molar-refractivity contribution in [3.05, 3.63) is 5.01 Å². The summed E-state index contributed by atoms with van der Waals surface area (Å²) >= 11 is 1.25. The fourth-order valence-electron chi connectivity index (χ4n) is 2.45. The van der Waals surface area contributed by atoms with E-state index in [0.717, 1.165) is 37.1 Å². The lowest BCUT2D eigenvalue weighted by molar-refractivity contribution is -0.113. The molecule has 7 nitrogen and oxygen atoms in total. The Kier molecular flexibility index (Phi) is 5.87. The molecule has 0 unspecified atom stereocenters. The highest BCUT2D eigenvalue weighted by molar-refractivity contribution is 7.90. The molecule has 1 heterocycles. The van der Waals surface area contributed by atoms with Crippen molar-refractivity contribution >= 4 is 32.4 Å². The van der Waals surface area contributed by atoms with Gasteiger partial charge in [0.25, 0.3) is 0 Å². The first-order valence-corrected chi connectivity index (χ1v) is 9.97. The molecule has 124 valence electrons. The number of carbonyl (C=O) groups excluding carboxylic acids is 1. The Labute approximate surface area is 135 Å². The molecule has 1 aromatic rings. The molecule has 2 N–H and O–H groups in total. The van der Waals surface area contributed by atoms with Crippen LogP contribution in [0.15, 0.2) is 0 Å². The van der Waals surface area contributed by atoms with Crippen LogP contribution in [-0.4, -0.2) is 36.3 Å². The van der Waals surface area contributed by atoms with E-state index in [4.69, 9.17) is 0 Å². The number of amides is 1. The second-order valence-electron chi connectivity index (χ2n) is 5.74. The molecular weight excluding hydrogens is 324 g/mol. The molecule has 0 radical (unpaired) electrons. The largest absolute Gasteiger partial charge is 0.300 e. The number of rotatable bonds is 6. The van der Waals surface area contributed by atoms with Gasteiger partial charge in [0, 0.05) is 6.04 Å². The average Bonchev–Trinajstić information content (AvgIpc) is 2.88. The predicted molar refractivity (Wildman–Crippen MR) is 86.3 cm³/mol. The van der Waals surface area contributed by atoms with Crippen molar-refractivity contribution in [2.45, 2.75) is 52.0 Å². The molecular formula is C13H22N4O3S2. The summed E-state index contributed by atoms with van der Waals surface area (Å²) in [6.45, 7) is 4.11. The highest BCUT2D eigenvalue weighted by Gasteiger charge is 2.25. The van der Waals surface area contributed by atoms with Crippen LogP contribution in [0.25, 0.3) is 0 Å². The summed E-state index contributed by atoms with van der Waals surface area (Å²) in [6, 6.07) is -0.0535. The summed E-state index contributed by atoms with van der Waals surface area (Å²) in [5.41, 5.74) is 0. The lowest BCUT2D eigenvalue weighted by Crippen LogP contribution is -2.41. The Bertz CT molecular complexity index is 607. The van der Waals surface area contributed by atoms with Crippen molar-refractivity contribution < 1.29 is 13.2 Å². The van der Waals surface area contributed by atoms with Gasteiger partial charge in [-0.1, -0.05) is 25.2 Å². The van der Waals surface area contributed by atoms with Gasteiger partial charge in [0.05, 0.1) is 0 Å². The van der Waals surface area contributed by atoms with E-state index < -0.39 is 21.7 Å². The lowest BCUT2D eigenvalue weighted by Gasteiger charge is -2.26. The van der Waals surface area contributed by atoms with E-state index in [1.165, 1.54) is 11.3 Å². The number of anilines is 1. The van der Waals surface area contributed by atoms with Gasteiger partial charge in [0.1, 0.15) is 10.8 Å². The molecule has 0 aliphatic heterocycles. The van der Waals surface area contributed by atoms with Crippen molar-refractivity contribution in [2.24, 2.45) is 5.92 Å². The minimum atomic E-state index is -3.62. The number of sulfonamides is 1. The lowest BCUT2D eigenvalue weighted by atomic mass is 9.88. The number of nitrogens with zero attached hydrogens (tertiary/aromatic N) is 2. The standard InChI is InChI=1S/C13H22N4O3S2/c1-3-12-15-16-13(21-12)14-11(18)8-22(19,20)17-10-6-4-9(2)5-7-10/h9-10,17H,3-8H2,1-2H3,(H,14,16,18). The Hall–Kier alpha value is -1.06. The Morgan fingerprint density at radius 3 is 2.55 bits per heavy atom. The van der Waals surface area contributed by atoms with Crippen LogP contribution in [0, 0.1) is 5.92 Å². The van der Waals surface area contributed by atoms with Crippen molar-refractivity contribution in [3.63, 3.8) is 0 Å². The normalized spacial score (nSPS) is 22.5. The monoisotopic (exact) mass is 346 g/mol. The van der Waals surface area contributed by atoms with Gasteiger partial charge in [-0.2, -0.15) is 0 Å². The molecule has 0 saturated heterocycles. The first-order chi connectivity index (χ1) is 10.4. The highest BCUT2D eigenvalue weighted by Crippen LogP contribution is 2.23. The van der Waals surface area contributed by atoms with Crippen molar-refractivity contribution in [2.75, 3.05) is 11.1 Å². The maximum atomic E-state index is 12.0. The third-order valence-electron chi connectivity index (χ3n) is 3.70. The van der Waals surface area contributed by atoms with Crippen molar-refractivity contribution in [3.8, 4) is 0 Å². The summed E-state index contributed by atoms with van der Waals surface area (Å²) in [6.07, 6.45) is 4.43. The number of carbonyl (C=O) groups is 1. The van der Waals surface area contributed by atoms with Gasteiger partial charge < -0.3 is 0 Å². The predicted octanol–water partition coefficient (Wildman–Crippen LogP) is 1.54. The van der Waals surface area contributed by atoms with Crippen LogP contribution >= 0.6 is 11.3 Å². The summed E-state index contributed by atoms with van der Waals surface area (Å²) in [5, 5.41) is 11.3. The maximum Gasteiger partial charge on any atom is 0.242 e. The zero-order chi connectivity index (χ0) is 16.2. The summed E-state index contributed by atoms with van der Waals surface area (Å²) in [4.78, 5) is 11.8. The fraction of sp³-hybridized carbons (Fsp3) is 0.769. The van der Waals surface area contributed by atoms with Crippen LogP contribution in [0.2, 0.25) is 0 Å². The van der Waals surface area contributed by atoms with Crippen LogP contribution in [-0.2, 0) is 21.2 Å². The molecule has 1 aromatic heterocycles. The molecule has 1 amide bonds. The quantitative estimate of drug-likeness (QED) is 0.813. The molecule has 0 bridgehead atoms. The van der Waals surface area contributed by atoms with E-state index in [1.54, 1.807) is 0 Å². The van der Waals surface area contributed by atoms with E-state index >= 15 is 0 Å². The summed E-state index contributed by atoms with van der Waals surface area (Å²) in [7, 11) is -3.62. The van der Waals surface area contributed by atoms with Crippen molar-refractivity contribution in [1.82, 2.24) is 14.9 Å². The maximum absolute atomic E-state index is 12.0. The molecule has 22 heavy (non-hydrogen) atoms. The second-order valence-corrected chi connectivity index (χ2v) is 8.55. The molecule has 1 saturated carbocycles. The van der Waals surface area contributed by atoms with Gasteiger partial charge in [-0.25, -0.2) is 13.1 Å². The van der Waals surface area contributed by atoms with E-state index in [9.17, 15) is 13.2 Å². The Morgan fingerprint density at radius 2 is 1.95 bits per heavy atom. The minimum Gasteiger partial charge on any atom is -0.300 e. The SMILES string of the molecule is CCc1nnc(NC(=O)CS(=O)(=O)NC2CCC(C)CC2)s1.